The lowest BCUT2D eigenvalue weighted by molar-refractivity contribution is 0.619. The first-order valence-corrected chi connectivity index (χ1v) is 7.53. The molecular weight excluding hydrogens is 236 g/mol. The molecule has 1 fully saturated rings. The Balaban J connectivity index is 2.25. The molecule has 2 unspecified atom stereocenters. The predicted molar refractivity (Wildman–Crippen MR) is 80.8 cm³/mol. The van der Waals surface area contributed by atoms with Crippen LogP contribution in [0.2, 0.25) is 0 Å². The number of aryl methyl sites for hydroxylation is 1. The van der Waals surface area contributed by atoms with E-state index in [0.29, 0.717) is 12.1 Å². The molecule has 1 aromatic rings. The van der Waals surface area contributed by atoms with Crippen LogP contribution in [0.3, 0.4) is 0 Å². The molecule has 4 nitrogen and oxygen atoms in total. The Labute approximate surface area is 116 Å². The Hall–Kier alpha value is -1.32. The monoisotopic (exact) mass is 262 g/mol. The van der Waals surface area contributed by atoms with Crippen molar-refractivity contribution in [2.24, 2.45) is 0 Å². The van der Waals surface area contributed by atoms with Crippen molar-refractivity contribution < 1.29 is 0 Å². The van der Waals surface area contributed by atoms with E-state index in [1.165, 1.54) is 19.3 Å². The molecule has 2 rings (SSSR count). The molecule has 1 aliphatic heterocycles. The number of anilines is 2. The van der Waals surface area contributed by atoms with E-state index in [1.54, 1.807) is 0 Å². The second kappa shape index (κ2) is 6.22. The fourth-order valence-electron chi connectivity index (χ4n) is 2.91. The molecule has 4 heteroatoms. The van der Waals surface area contributed by atoms with Crippen LogP contribution < -0.4 is 10.2 Å². The minimum absolute atomic E-state index is 0.582. The van der Waals surface area contributed by atoms with Crippen LogP contribution in [-0.4, -0.2) is 28.6 Å². The highest BCUT2D eigenvalue weighted by Gasteiger charge is 2.30. The molecule has 0 bridgehead atoms. The maximum atomic E-state index is 4.65. The van der Waals surface area contributed by atoms with Gasteiger partial charge in [0.05, 0.1) is 0 Å². The summed E-state index contributed by atoms with van der Waals surface area (Å²) in [6, 6.07) is 3.31. The van der Waals surface area contributed by atoms with Gasteiger partial charge in [-0.15, -0.1) is 0 Å². The lowest BCUT2D eigenvalue weighted by Crippen LogP contribution is -2.35. The van der Waals surface area contributed by atoms with Crippen LogP contribution in [0, 0.1) is 6.92 Å². The fourth-order valence-corrected chi connectivity index (χ4v) is 2.91. The van der Waals surface area contributed by atoms with E-state index >= 15 is 0 Å². The summed E-state index contributed by atoms with van der Waals surface area (Å²) in [6.07, 6.45) is 4.83. The standard InChI is InChI=1S/C15H26N4/c1-5-9-16-14-10-15(18-12(4)17-14)19-11(3)7-8-13(19)6-2/h10-11,13H,5-9H2,1-4H3,(H,16,17,18). The molecule has 0 radical (unpaired) electrons. The average molecular weight is 262 g/mol. The summed E-state index contributed by atoms with van der Waals surface area (Å²) < 4.78 is 0. The minimum atomic E-state index is 0.582. The van der Waals surface area contributed by atoms with Gasteiger partial charge in [-0.05, 0) is 39.5 Å². The SMILES string of the molecule is CCCNc1cc(N2C(C)CCC2CC)nc(C)n1. The van der Waals surface area contributed by atoms with Gasteiger partial charge in [0.2, 0.25) is 0 Å². The third-order valence-corrected chi connectivity index (χ3v) is 3.90. The van der Waals surface area contributed by atoms with Crippen LogP contribution in [0.1, 0.15) is 52.3 Å². The molecule has 1 saturated heterocycles. The molecule has 0 aromatic carbocycles. The van der Waals surface area contributed by atoms with Crippen LogP contribution in [0.5, 0.6) is 0 Å². The highest BCUT2D eigenvalue weighted by Crippen LogP contribution is 2.31. The van der Waals surface area contributed by atoms with E-state index in [9.17, 15) is 0 Å². The topological polar surface area (TPSA) is 41.0 Å². The zero-order valence-electron chi connectivity index (χ0n) is 12.6. The van der Waals surface area contributed by atoms with E-state index in [4.69, 9.17) is 0 Å². The summed E-state index contributed by atoms with van der Waals surface area (Å²) in [4.78, 5) is 11.6. The third-order valence-electron chi connectivity index (χ3n) is 3.90. The van der Waals surface area contributed by atoms with Crippen molar-refractivity contribution in [2.75, 3.05) is 16.8 Å². The van der Waals surface area contributed by atoms with Gasteiger partial charge in [0.1, 0.15) is 17.5 Å². The van der Waals surface area contributed by atoms with E-state index < -0.39 is 0 Å². The van der Waals surface area contributed by atoms with Crippen molar-refractivity contribution in [1.29, 1.82) is 0 Å². The lowest BCUT2D eigenvalue weighted by atomic mass is 10.1. The molecule has 1 N–H and O–H groups in total. The average Bonchev–Trinajstić information content (AvgIpc) is 2.77. The number of nitrogens with one attached hydrogen (secondary N) is 1. The molecule has 106 valence electrons. The van der Waals surface area contributed by atoms with Gasteiger partial charge < -0.3 is 10.2 Å². The van der Waals surface area contributed by atoms with E-state index in [-0.39, 0.29) is 0 Å². The Morgan fingerprint density at radius 1 is 1.32 bits per heavy atom. The van der Waals surface area contributed by atoms with Gasteiger partial charge in [-0.3, -0.25) is 0 Å². The van der Waals surface area contributed by atoms with Gasteiger partial charge in [-0.2, -0.15) is 0 Å². The van der Waals surface area contributed by atoms with Gasteiger partial charge in [0.25, 0.3) is 0 Å². The van der Waals surface area contributed by atoms with Crippen molar-refractivity contribution in [3.63, 3.8) is 0 Å². The lowest BCUT2D eigenvalue weighted by Gasteiger charge is -2.29. The molecule has 1 aliphatic rings. The molecule has 1 aromatic heterocycles. The third kappa shape index (κ3) is 3.17. The van der Waals surface area contributed by atoms with Gasteiger partial charge in [0, 0.05) is 24.7 Å². The zero-order valence-corrected chi connectivity index (χ0v) is 12.6. The summed E-state index contributed by atoms with van der Waals surface area (Å²) in [5.41, 5.74) is 0. The van der Waals surface area contributed by atoms with Crippen molar-refractivity contribution in [3.8, 4) is 0 Å². The first kappa shape index (κ1) is 14.1. The van der Waals surface area contributed by atoms with Gasteiger partial charge in [0.15, 0.2) is 0 Å². The van der Waals surface area contributed by atoms with Crippen LogP contribution in [0.15, 0.2) is 6.07 Å². The van der Waals surface area contributed by atoms with E-state index in [0.717, 1.165) is 30.4 Å². The summed E-state index contributed by atoms with van der Waals surface area (Å²) in [5, 5.41) is 3.37. The zero-order chi connectivity index (χ0) is 13.8. The second-order valence-electron chi connectivity index (χ2n) is 5.48. The first-order chi connectivity index (χ1) is 9.15. The van der Waals surface area contributed by atoms with Crippen LogP contribution in [-0.2, 0) is 0 Å². The maximum Gasteiger partial charge on any atom is 0.134 e. The molecular formula is C15H26N4. The first-order valence-electron chi connectivity index (χ1n) is 7.53. The molecule has 0 amide bonds. The summed E-state index contributed by atoms with van der Waals surface area (Å²) >= 11 is 0. The molecule has 0 aliphatic carbocycles. The minimum Gasteiger partial charge on any atom is -0.370 e. The maximum absolute atomic E-state index is 4.65. The Bertz CT molecular complexity index is 419. The Morgan fingerprint density at radius 3 is 2.79 bits per heavy atom. The van der Waals surface area contributed by atoms with Crippen molar-refractivity contribution in [1.82, 2.24) is 9.97 Å². The number of hydrogen-bond donors (Lipinski definition) is 1. The largest absolute Gasteiger partial charge is 0.370 e. The molecule has 0 spiro atoms. The summed E-state index contributed by atoms with van der Waals surface area (Å²) in [5.74, 6) is 2.89. The molecule has 19 heavy (non-hydrogen) atoms. The van der Waals surface area contributed by atoms with E-state index in [1.807, 2.05) is 6.92 Å². The number of aromatic nitrogens is 2. The Kier molecular flexibility index (Phi) is 4.61. The van der Waals surface area contributed by atoms with Crippen LogP contribution >= 0.6 is 0 Å². The highest BCUT2D eigenvalue weighted by atomic mass is 15.3. The van der Waals surface area contributed by atoms with Crippen LogP contribution in [0.4, 0.5) is 11.6 Å². The normalized spacial score (nSPS) is 22.8. The second-order valence-corrected chi connectivity index (χ2v) is 5.48. The predicted octanol–water partition coefficient (Wildman–Crippen LogP) is 3.37. The fraction of sp³-hybridized carbons (Fsp3) is 0.733. The highest BCUT2D eigenvalue weighted by molar-refractivity contribution is 5.51. The Morgan fingerprint density at radius 2 is 2.11 bits per heavy atom. The summed E-state index contributed by atoms with van der Waals surface area (Å²) in [7, 11) is 0. The molecule has 0 saturated carbocycles. The number of hydrogen-bond acceptors (Lipinski definition) is 4. The quantitative estimate of drug-likeness (QED) is 0.883. The van der Waals surface area contributed by atoms with E-state index in [2.05, 4.69) is 47.0 Å². The number of nitrogens with zero attached hydrogens (tertiary/aromatic N) is 3. The van der Waals surface area contributed by atoms with Crippen molar-refractivity contribution in [2.45, 2.75) is 65.5 Å². The molecule has 2 atom stereocenters. The van der Waals surface area contributed by atoms with Gasteiger partial charge in [-0.25, -0.2) is 9.97 Å². The number of rotatable bonds is 5. The van der Waals surface area contributed by atoms with Crippen molar-refractivity contribution in [3.05, 3.63) is 11.9 Å². The van der Waals surface area contributed by atoms with Crippen molar-refractivity contribution >= 4 is 11.6 Å². The van der Waals surface area contributed by atoms with Gasteiger partial charge >= 0.3 is 0 Å². The smallest absolute Gasteiger partial charge is 0.134 e. The summed E-state index contributed by atoms with van der Waals surface area (Å²) in [6.45, 7) is 9.66. The van der Waals surface area contributed by atoms with Crippen LogP contribution in [0.25, 0.3) is 0 Å². The molecule has 2 heterocycles. The van der Waals surface area contributed by atoms with Gasteiger partial charge in [-0.1, -0.05) is 13.8 Å².